The zero-order valence-electron chi connectivity index (χ0n) is 45.1. The third kappa shape index (κ3) is 57.9. The van der Waals surface area contributed by atoms with E-state index in [-0.39, 0.29) is 0 Å². The van der Waals surface area contributed by atoms with E-state index < -0.39 is 0 Å². The highest BCUT2D eigenvalue weighted by atomic mass is 15.1. The summed E-state index contributed by atoms with van der Waals surface area (Å²) in [5.41, 5.74) is 0. The van der Waals surface area contributed by atoms with Crippen LogP contribution in [0.4, 0.5) is 0 Å². The van der Waals surface area contributed by atoms with Crippen molar-refractivity contribution in [2.24, 2.45) is 0 Å². The molecule has 0 bridgehead atoms. The van der Waals surface area contributed by atoms with Crippen molar-refractivity contribution in [2.45, 2.75) is 350 Å². The van der Waals surface area contributed by atoms with Crippen LogP contribution in [0.25, 0.3) is 0 Å². The maximum absolute atomic E-state index is 2.85. The summed E-state index contributed by atoms with van der Waals surface area (Å²) in [6.45, 7) is 22.0. The number of rotatable bonds is 54. The lowest BCUT2D eigenvalue weighted by atomic mass is 10.1. The average Bonchev–Trinajstić information content (AvgIpc) is 3.28. The highest BCUT2D eigenvalue weighted by Crippen LogP contribution is 2.16. The molecule has 0 heterocycles. The molecule has 0 aromatic carbocycles. The van der Waals surface area contributed by atoms with Crippen LogP contribution in [-0.4, -0.2) is 49.1 Å². The summed E-state index contributed by atoms with van der Waals surface area (Å²) < 4.78 is 0. The fourth-order valence-corrected chi connectivity index (χ4v) is 9.49. The molecule has 0 unspecified atom stereocenters. The molecule has 376 valence electrons. The summed E-state index contributed by atoms with van der Waals surface area (Å²) in [4.78, 5) is 5.64. The van der Waals surface area contributed by atoms with Crippen molar-refractivity contribution in [3.63, 3.8) is 0 Å². The summed E-state index contributed by atoms with van der Waals surface area (Å²) in [7, 11) is 0. The fourth-order valence-electron chi connectivity index (χ4n) is 9.49. The van der Waals surface area contributed by atoms with Gasteiger partial charge in [-0.05, 0) is 77.8 Å². The third-order valence-electron chi connectivity index (χ3n) is 14.0. The molecule has 0 aliphatic heterocycles. The molecule has 0 aromatic heterocycles. The molecule has 0 N–H and O–H groups in total. The van der Waals surface area contributed by atoms with Gasteiger partial charge in [0.05, 0.1) is 0 Å². The van der Waals surface area contributed by atoms with Crippen LogP contribution in [-0.2, 0) is 0 Å². The van der Waals surface area contributed by atoms with Crippen LogP contribution in [0.15, 0.2) is 0 Å². The number of hydrogen-bond donors (Lipinski definition) is 0. The van der Waals surface area contributed by atoms with Crippen molar-refractivity contribution in [3.8, 4) is 0 Å². The normalized spacial score (nSPS) is 11.6. The Morgan fingerprint density at radius 3 is 0.339 bits per heavy atom. The zero-order valence-corrected chi connectivity index (χ0v) is 45.1. The molecule has 62 heavy (non-hydrogen) atoms. The van der Waals surface area contributed by atoms with E-state index in [9.17, 15) is 0 Å². The number of hydrogen-bond acceptors (Lipinski definition) is 2. The number of nitrogens with zero attached hydrogens (tertiary/aromatic N) is 2. The molecule has 0 rings (SSSR count). The van der Waals surface area contributed by atoms with Crippen molar-refractivity contribution < 1.29 is 0 Å². The molecule has 0 aromatic rings. The minimum atomic E-state index is 1.36. The topological polar surface area (TPSA) is 6.48 Å². The lowest BCUT2D eigenvalue weighted by molar-refractivity contribution is 0.254. The van der Waals surface area contributed by atoms with Gasteiger partial charge in [0.25, 0.3) is 0 Å². The van der Waals surface area contributed by atoms with Gasteiger partial charge in [-0.2, -0.15) is 0 Å². The van der Waals surface area contributed by atoms with Gasteiger partial charge in [0.2, 0.25) is 0 Å². The van der Waals surface area contributed by atoms with Gasteiger partial charge in [-0.15, -0.1) is 0 Å². The first kappa shape index (κ1) is 64.0. The van der Waals surface area contributed by atoms with Gasteiger partial charge in [-0.25, -0.2) is 0 Å². The first-order valence-corrected chi connectivity index (χ1v) is 30.1. The van der Waals surface area contributed by atoms with Crippen LogP contribution in [0.1, 0.15) is 350 Å². The second-order valence-corrected chi connectivity index (χ2v) is 20.5. The Morgan fingerprint density at radius 2 is 0.226 bits per heavy atom. The molecule has 2 nitrogen and oxygen atoms in total. The summed E-state index contributed by atoms with van der Waals surface area (Å²) in [5, 5.41) is 0. The van der Waals surface area contributed by atoms with E-state index in [1.165, 1.54) is 347 Å². The Kier molecular flexibility index (Phi) is 62.9. The molecule has 0 saturated heterocycles. The molecule has 0 spiro atoms. The molecule has 2 heteroatoms. The molecule has 0 atom stereocenters. The molecule has 0 amide bonds. The summed E-state index contributed by atoms with van der Waals surface area (Å²) in [6.07, 6.45) is 69.3. The van der Waals surface area contributed by atoms with Gasteiger partial charge < -0.3 is 9.80 Å². The highest BCUT2D eigenvalue weighted by molar-refractivity contribution is 4.62. The maximum atomic E-state index is 2.85. The standard InChI is InChI=1S/C36H75N.C24H51N/c1-4-7-10-13-16-19-22-25-28-31-34-37(35-32-29-26-23-20-17-14-11-8-5-2)36-33-30-27-24-21-18-15-12-9-6-3;1-4-7-10-13-16-19-22-25(23-20-17-14-11-8-5-2)24-21-18-15-12-9-6-3/h4-36H2,1-3H3;4-24H2,1-3H3. The minimum absolute atomic E-state index is 1.36. The Labute approximate surface area is 397 Å². The molecule has 0 aliphatic carbocycles. The van der Waals surface area contributed by atoms with Crippen LogP contribution in [0, 0.1) is 0 Å². The van der Waals surface area contributed by atoms with Crippen molar-refractivity contribution >= 4 is 0 Å². The summed E-state index contributed by atoms with van der Waals surface area (Å²) in [5.74, 6) is 0. The Balaban J connectivity index is 0. The van der Waals surface area contributed by atoms with Crippen LogP contribution in [0.5, 0.6) is 0 Å². The lowest BCUT2D eigenvalue weighted by Crippen LogP contribution is -2.27. The Hall–Kier alpha value is -0.0800. The van der Waals surface area contributed by atoms with Gasteiger partial charge in [-0.1, -0.05) is 311 Å². The SMILES string of the molecule is CCCCCCCCCCCCN(CCCCCCCCCCCC)CCCCCCCCCCCC.CCCCCCCCN(CCCCCCCC)CCCCCCCC. The number of unbranched alkanes of at least 4 members (excludes halogenated alkanes) is 42. The molecular formula is C60H126N2. The van der Waals surface area contributed by atoms with E-state index in [1.54, 1.807) is 0 Å². The van der Waals surface area contributed by atoms with Crippen molar-refractivity contribution in [3.05, 3.63) is 0 Å². The highest BCUT2D eigenvalue weighted by Gasteiger charge is 2.07. The van der Waals surface area contributed by atoms with E-state index in [1.807, 2.05) is 0 Å². The van der Waals surface area contributed by atoms with Gasteiger partial charge >= 0.3 is 0 Å². The summed E-state index contributed by atoms with van der Waals surface area (Å²) in [6, 6.07) is 0. The van der Waals surface area contributed by atoms with Gasteiger partial charge in [0, 0.05) is 0 Å². The molecule has 0 fully saturated rings. The van der Waals surface area contributed by atoms with E-state index >= 15 is 0 Å². The maximum Gasteiger partial charge on any atom is -0.00187 e. The molecule has 0 radical (unpaired) electrons. The van der Waals surface area contributed by atoms with Crippen molar-refractivity contribution in [1.82, 2.24) is 9.80 Å². The Morgan fingerprint density at radius 1 is 0.129 bits per heavy atom. The first-order valence-electron chi connectivity index (χ1n) is 30.1. The van der Waals surface area contributed by atoms with E-state index in [4.69, 9.17) is 0 Å². The van der Waals surface area contributed by atoms with E-state index in [0.717, 1.165) is 0 Å². The van der Waals surface area contributed by atoms with Gasteiger partial charge in [-0.3, -0.25) is 0 Å². The van der Waals surface area contributed by atoms with Crippen LogP contribution >= 0.6 is 0 Å². The minimum Gasteiger partial charge on any atom is -0.303 e. The summed E-state index contributed by atoms with van der Waals surface area (Å²) >= 11 is 0. The van der Waals surface area contributed by atoms with E-state index in [2.05, 4.69) is 51.3 Å². The zero-order chi connectivity index (χ0) is 45.3. The van der Waals surface area contributed by atoms with Crippen molar-refractivity contribution in [2.75, 3.05) is 39.3 Å². The monoisotopic (exact) mass is 875 g/mol. The largest absolute Gasteiger partial charge is 0.303 e. The van der Waals surface area contributed by atoms with Crippen molar-refractivity contribution in [1.29, 1.82) is 0 Å². The quantitative estimate of drug-likeness (QED) is 0.0562. The second kappa shape index (κ2) is 60.9. The third-order valence-corrected chi connectivity index (χ3v) is 14.0. The van der Waals surface area contributed by atoms with Gasteiger partial charge in [0.1, 0.15) is 0 Å². The first-order chi connectivity index (χ1) is 30.7. The predicted molar refractivity (Wildman–Crippen MR) is 289 cm³/mol. The van der Waals surface area contributed by atoms with Crippen LogP contribution in [0.2, 0.25) is 0 Å². The fraction of sp³-hybridized carbons (Fsp3) is 1.00. The second-order valence-electron chi connectivity index (χ2n) is 20.5. The molecule has 0 aliphatic rings. The van der Waals surface area contributed by atoms with E-state index in [0.29, 0.717) is 0 Å². The van der Waals surface area contributed by atoms with Crippen LogP contribution < -0.4 is 0 Å². The smallest absolute Gasteiger partial charge is 0.00187 e. The molecule has 0 saturated carbocycles. The van der Waals surface area contributed by atoms with Crippen LogP contribution in [0.3, 0.4) is 0 Å². The predicted octanol–water partition coefficient (Wildman–Crippen LogP) is 21.4. The molecular weight excluding hydrogens is 749 g/mol. The van der Waals surface area contributed by atoms with Gasteiger partial charge in [0.15, 0.2) is 0 Å². The average molecular weight is 876 g/mol. The lowest BCUT2D eigenvalue weighted by Gasteiger charge is -2.22. The Bertz CT molecular complexity index is 626.